The van der Waals surface area contributed by atoms with Gasteiger partial charge in [-0.1, -0.05) is 85.7 Å². The fourth-order valence-electron chi connectivity index (χ4n) is 4.02. The molecule has 42 heavy (non-hydrogen) atoms. The molecule has 5 N–H and O–H groups in total. The summed E-state index contributed by atoms with van der Waals surface area (Å²) in [6.07, 6.45) is 4.69. The fourth-order valence-corrected chi connectivity index (χ4v) is 4.02. The van der Waals surface area contributed by atoms with Crippen LogP contribution in [0.25, 0.3) is 0 Å². The molecule has 2 aromatic carbocycles. The number of nitrogens with two attached hydrogens (primary N) is 1. The lowest BCUT2D eigenvalue weighted by molar-refractivity contribution is -0.130. The van der Waals surface area contributed by atoms with Gasteiger partial charge in [-0.15, -0.1) is 0 Å². The van der Waals surface area contributed by atoms with E-state index in [1.54, 1.807) is 12.2 Å². The highest BCUT2D eigenvalue weighted by molar-refractivity contribution is 5.91. The summed E-state index contributed by atoms with van der Waals surface area (Å²) in [6.45, 7) is 3.90. The molecule has 0 aliphatic carbocycles. The Morgan fingerprint density at radius 3 is 2.10 bits per heavy atom. The topological polar surface area (TPSA) is 161 Å². The van der Waals surface area contributed by atoms with Crippen LogP contribution in [0, 0.1) is 5.92 Å². The molecule has 3 atom stereocenters. The molecule has 4 amide bonds. The largest absolute Gasteiger partial charge is 0.445 e. The van der Waals surface area contributed by atoms with E-state index < -0.39 is 41.9 Å². The van der Waals surface area contributed by atoms with Gasteiger partial charge in [0, 0.05) is 18.9 Å². The second-order valence-corrected chi connectivity index (χ2v) is 10.1. The lowest BCUT2D eigenvalue weighted by Gasteiger charge is -2.25. The first kappa shape index (κ1) is 33.5. The number of alkyl carbamates (subject to hydrolysis) is 1. The number of hydrogen-bond acceptors (Lipinski definition) is 7. The zero-order chi connectivity index (χ0) is 30.7. The molecule has 0 aliphatic rings. The number of oxime groups is 1. The highest BCUT2D eigenvalue weighted by Crippen LogP contribution is 2.10. The summed E-state index contributed by atoms with van der Waals surface area (Å²) in [5, 5.41) is 12.0. The van der Waals surface area contributed by atoms with Crippen LogP contribution >= 0.6 is 0 Å². The van der Waals surface area contributed by atoms with Crippen LogP contribution in [-0.4, -0.2) is 55.3 Å². The maximum atomic E-state index is 13.5. The van der Waals surface area contributed by atoms with Crippen molar-refractivity contribution >= 4 is 30.0 Å². The molecular weight excluding hydrogens is 538 g/mol. The Labute approximate surface area is 246 Å². The Bertz CT molecular complexity index is 1190. The van der Waals surface area contributed by atoms with Crippen molar-refractivity contribution in [2.24, 2.45) is 16.8 Å². The van der Waals surface area contributed by atoms with Crippen molar-refractivity contribution in [3.05, 3.63) is 83.9 Å². The zero-order valence-corrected chi connectivity index (χ0v) is 24.3. The van der Waals surface area contributed by atoms with Gasteiger partial charge in [-0.2, -0.15) is 0 Å². The Balaban J connectivity index is 2.19. The van der Waals surface area contributed by atoms with Gasteiger partial charge in [0.1, 0.15) is 25.8 Å². The maximum Gasteiger partial charge on any atom is 0.408 e. The summed E-state index contributed by atoms with van der Waals surface area (Å²) < 4.78 is 5.32. The van der Waals surface area contributed by atoms with E-state index in [0.29, 0.717) is 6.42 Å². The Morgan fingerprint density at radius 1 is 0.881 bits per heavy atom. The summed E-state index contributed by atoms with van der Waals surface area (Å²) >= 11 is 0. The van der Waals surface area contributed by atoms with Gasteiger partial charge in [-0.05, 0) is 36.0 Å². The van der Waals surface area contributed by atoms with Gasteiger partial charge in [0.15, 0.2) is 0 Å². The molecule has 11 nitrogen and oxygen atoms in total. The first-order valence-corrected chi connectivity index (χ1v) is 13.8. The van der Waals surface area contributed by atoms with Crippen molar-refractivity contribution in [3.63, 3.8) is 0 Å². The number of carbonyl (C=O) groups excluding carboxylic acids is 4. The molecule has 0 bridgehead atoms. The predicted octanol–water partition coefficient (Wildman–Crippen LogP) is 2.99. The first-order chi connectivity index (χ1) is 20.2. The number of allylic oxidation sites excluding steroid dienone is 1. The van der Waals surface area contributed by atoms with Crippen LogP contribution in [0.15, 0.2) is 78.0 Å². The second-order valence-electron chi connectivity index (χ2n) is 10.1. The third-order valence-electron chi connectivity index (χ3n) is 6.07. The smallest absolute Gasteiger partial charge is 0.408 e. The number of amides is 4. The summed E-state index contributed by atoms with van der Waals surface area (Å²) in [5.74, 6) is -1.43. The Hall–Kier alpha value is -4.67. The maximum absolute atomic E-state index is 13.5. The summed E-state index contributed by atoms with van der Waals surface area (Å²) in [6, 6.07) is 15.9. The number of primary amides is 1. The molecule has 0 aliphatic heterocycles. The number of hydrogen-bond donors (Lipinski definition) is 4. The lowest BCUT2D eigenvalue weighted by Crippen LogP contribution is -2.55. The van der Waals surface area contributed by atoms with Gasteiger partial charge in [0.05, 0.1) is 6.21 Å². The highest BCUT2D eigenvalue weighted by atomic mass is 16.6. The minimum atomic E-state index is -0.978. The summed E-state index contributed by atoms with van der Waals surface area (Å²) in [5.41, 5.74) is 6.95. The van der Waals surface area contributed by atoms with Gasteiger partial charge in [-0.3, -0.25) is 14.4 Å². The van der Waals surface area contributed by atoms with E-state index >= 15 is 0 Å². The number of benzene rings is 2. The number of rotatable bonds is 17. The number of nitrogens with one attached hydrogen (secondary N) is 3. The first-order valence-electron chi connectivity index (χ1n) is 13.8. The second kappa shape index (κ2) is 18.6. The van der Waals surface area contributed by atoms with Gasteiger partial charge in [-0.25, -0.2) is 4.79 Å². The van der Waals surface area contributed by atoms with Crippen LogP contribution in [0.4, 0.5) is 4.79 Å². The van der Waals surface area contributed by atoms with E-state index in [0.717, 1.165) is 11.1 Å². The average Bonchev–Trinajstić information content (AvgIpc) is 2.96. The van der Waals surface area contributed by atoms with Crippen LogP contribution in [-0.2, 0) is 37.0 Å². The molecule has 0 unspecified atom stereocenters. The number of nitrogens with zero attached hydrogens (tertiary/aromatic N) is 1. The third-order valence-corrected chi connectivity index (χ3v) is 6.07. The van der Waals surface area contributed by atoms with Crippen LogP contribution in [0.5, 0.6) is 0 Å². The molecule has 0 aromatic heterocycles. The molecule has 0 fully saturated rings. The Morgan fingerprint density at radius 2 is 1.50 bits per heavy atom. The molecule has 0 saturated carbocycles. The molecule has 11 heteroatoms. The van der Waals surface area contributed by atoms with E-state index in [4.69, 9.17) is 10.5 Å². The number of carbonyl (C=O) groups is 4. The fraction of sp³-hybridized carbons (Fsp3) is 0.387. The van der Waals surface area contributed by atoms with Crippen molar-refractivity contribution in [3.8, 4) is 0 Å². The third kappa shape index (κ3) is 13.6. The van der Waals surface area contributed by atoms with Crippen LogP contribution < -0.4 is 21.7 Å². The van der Waals surface area contributed by atoms with Gasteiger partial charge >= 0.3 is 6.09 Å². The van der Waals surface area contributed by atoms with Crippen molar-refractivity contribution in [1.29, 1.82) is 0 Å². The van der Waals surface area contributed by atoms with Gasteiger partial charge < -0.3 is 31.3 Å². The predicted molar refractivity (Wildman–Crippen MR) is 160 cm³/mol. The molecule has 2 aromatic rings. The van der Waals surface area contributed by atoms with Crippen LogP contribution in [0.2, 0.25) is 0 Å². The molecule has 0 heterocycles. The molecule has 0 radical (unpaired) electrons. The normalized spacial score (nSPS) is 13.3. The van der Waals surface area contributed by atoms with Crippen molar-refractivity contribution in [2.45, 2.75) is 64.3 Å². The average molecular weight is 580 g/mol. The van der Waals surface area contributed by atoms with E-state index in [-0.39, 0.29) is 31.8 Å². The molecule has 0 spiro atoms. The molecule has 226 valence electrons. The van der Waals surface area contributed by atoms with Crippen molar-refractivity contribution < 1.29 is 28.8 Å². The standard InChI is InChI=1S/C31H41N5O6/c1-22(2)19-26(36-31(40)42-21-24-13-8-5-9-14-24)30(39)35-27(20-23-11-6-4-7-12-23)29(38)34-25(16-17-28(32)37)15-10-18-33-41-3/h4-15,18,22,25-27H,16-17,19-21H2,1-3H3,(H2,32,37)(H,34,38)(H,35,39)(H,36,40)/b15-10+,33-18+/t25-,26+,27+/m1/s1. The minimum absolute atomic E-state index is 0.0396. The van der Waals surface area contributed by atoms with Crippen molar-refractivity contribution in [1.82, 2.24) is 16.0 Å². The number of ether oxygens (including phenoxy) is 1. The lowest BCUT2D eigenvalue weighted by atomic mass is 10.0. The summed E-state index contributed by atoms with van der Waals surface area (Å²) in [4.78, 5) is 55.6. The van der Waals surface area contributed by atoms with Crippen LogP contribution in [0.1, 0.15) is 44.2 Å². The Kier molecular flexibility index (Phi) is 14.9. The minimum Gasteiger partial charge on any atom is -0.445 e. The van der Waals surface area contributed by atoms with E-state index in [1.165, 1.54) is 13.3 Å². The van der Waals surface area contributed by atoms with E-state index in [1.807, 2.05) is 74.5 Å². The van der Waals surface area contributed by atoms with E-state index in [2.05, 4.69) is 25.9 Å². The molecule has 2 rings (SSSR count). The van der Waals surface area contributed by atoms with Crippen LogP contribution in [0.3, 0.4) is 0 Å². The molecule has 0 saturated heterocycles. The quantitative estimate of drug-likeness (QED) is 0.166. The monoisotopic (exact) mass is 579 g/mol. The van der Waals surface area contributed by atoms with Gasteiger partial charge in [0.25, 0.3) is 0 Å². The van der Waals surface area contributed by atoms with Crippen molar-refractivity contribution in [2.75, 3.05) is 7.11 Å². The van der Waals surface area contributed by atoms with Gasteiger partial charge in [0.2, 0.25) is 17.7 Å². The zero-order valence-electron chi connectivity index (χ0n) is 24.3. The summed E-state index contributed by atoms with van der Waals surface area (Å²) in [7, 11) is 1.40. The SMILES string of the molecule is CO/N=C/C=C/[C@H](CCC(N)=O)NC(=O)[C@H](Cc1ccccc1)NC(=O)[C@H](CC(C)C)NC(=O)OCc1ccccc1. The molecular formula is C31H41N5O6. The highest BCUT2D eigenvalue weighted by Gasteiger charge is 2.29. The van der Waals surface area contributed by atoms with E-state index in [9.17, 15) is 19.2 Å².